The highest BCUT2D eigenvalue weighted by Crippen LogP contribution is 2.10. The van der Waals surface area contributed by atoms with E-state index in [1.165, 1.54) is 0 Å². The molecule has 0 saturated carbocycles. The lowest BCUT2D eigenvalue weighted by molar-refractivity contribution is 0.222. The van der Waals surface area contributed by atoms with Crippen LogP contribution >= 0.6 is 15.9 Å². The zero-order valence-corrected chi connectivity index (χ0v) is 10.5. The fourth-order valence-electron chi connectivity index (χ4n) is 1.08. The molecule has 0 aliphatic heterocycles. The summed E-state index contributed by atoms with van der Waals surface area (Å²) >= 11 is 3.20. The summed E-state index contributed by atoms with van der Waals surface area (Å²) in [5.41, 5.74) is 0.605. The van der Waals surface area contributed by atoms with Crippen LogP contribution in [0.25, 0.3) is 0 Å². The number of hydrogen-bond acceptors (Lipinski definition) is 3. The molecule has 0 aromatic carbocycles. The molecular formula is C10H14BrN3O2. The number of hydrogen-bond donors (Lipinski definition) is 3. The average molecular weight is 288 g/mol. The van der Waals surface area contributed by atoms with Crippen LogP contribution in [0.3, 0.4) is 0 Å². The molecule has 0 spiro atoms. The number of anilines is 1. The van der Waals surface area contributed by atoms with Crippen LogP contribution in [0.15, 0.2) is 22.9 Å². The Morgan fingerprint density at radius 1 is 1.62 bits per heavy atom. The van der Waals surface area contributed by atoms with Crippen LogP contribution in [0.1, 0.15) is 13.3 Å². The molecule has 0 aliphatic carbocycles. The van der Waals surface area contributed by atoms with E-state index < -0.39 is 0 Å². The van der Waals surface area contributed by atoms with Crippen molar-refractivity contribution in [3.63, 3.8) is 0 Å². The number of pyridine rings is 1. The van der Waals surface area contributed by atoms with Gasteiger partial charge in [-0.2, -0.15) is 0 Å². The predicted molar refractivity (Wildman–Crippen MR) is 65.3 cm³/mol. The lowest BCUT2D eigenvalue weighted by atomic mass is 10.2. The van der Waals surface area contributed by atoms with Gasteiger partial charge in [0.25, 0.3) is 0 Å². The minimum absolute atomic E-state index is 0.0670. The molecule has 1 heterocycles. The second-order valence-electron chi connectivity index (χ2n) is 3.26. The van der Waals surface area contributed by atoms with Crippen LogP contribution in [0.4, 0.5) is 10.5 Å². The van der Waals surface area contributed by atoms with Gasteiger partial charge in [-0.25, -0.2) is 9.78 Å². The third-order valence-electron chi connectivity index (χ3n) is 2.03. The van der Waals surface area contributed by atoms with Crippen LogP contribution in [-0.4, -0.2) is 28.8 Å². The topological polar surface area (TPSA) is 74.2 Å². The van der Waals surface area contributed by atoms with Crippen molar-refractivity contribution in [2.75, 3.05) is 11.9 Å². The third kappa shape index (κ3) is 4.16. The Kier molecular flexibility index (Phi) is 5.21. The Bertz CT molecular complexity index is 338. The Labute approximate surface area is 102 Å². The third-order valence-corrected chi connectivity index (χ3v) is 2.50. The standard InChI is InChI=1S/C10H14BrN3O2/c1-2-7(6-15)13-10(16)14-8-3-4-9(11)12-5-8/h3-5,7,15H,2,6H2,1H3,(H2,13,14,16). The molecule has 1 atom stereocenters. The first-order valence-corrected chi connectivity index (χ1v) is 5.75. The van der Waals surface area contributed by atoms with Gasteiger partial charge in [0.05, 0.1) is 24.5 Å². The van der Waals surface area contributed by atoms with Gasteiger partial charge in [0.1, 0.15) is 4.60 Å². The molecule has 1 unspecified atom stereocenters. The van der Waals surface area contributed by atoms with E-state index in [-0.39, 0.29) is 18.7 Å². The molecule has 1 aromatic rings. The number of rotatable bonds is 4. The van der Waals surface area contributed by atoms with Crippen molar-refractivity contribution in [2.45, 2.75) is 19.4 Å². The molecule has 6 heteroatoms. The molecule has 0 aliphatic rings. The Balaban J connectivity index is 2.48. The summed E-state index contributed by atoms with van der Waals surface area (Å²) in [6.45, 7) is 1.82. The van der Waals surface area contributed by atoms with Crippen LogP contribution in [0.5, 0.6) is 0 Å². The van der Waals surface area contributed by atoms with E-state index in [0.29, 0.717) is 16.7 Å². The monoisotopic (exact) mass is 287 g/mol. The van der Waals surface area contributed by atoms with Gasteiger partial charge >= 0.3 is 6.03 Å². The Morgan fingerprint density at radius 2 is 2.38 bits per heavy atom. The summed E-state index contributed by atoms with van der Waals surface area (Å²) in [6.07, 6.45) is 2.23. The zero-order chi connectivity index (χ0) is 12.0. The minimum atomic E-state index is -0.343. The fraction of sp³-hybridized carbons (Fsp3) is 0.400. The molecule has 88 valence electrons. The molecule has 0 radical (unpaired) electrons. The second-order valence-corrected chi connectivity index (χ2v) is 4.07. The van der Waals surface area contributed by atoms with Crippen molar-refractivity contribution < 1.29 is 9.90 Å². The lowest BCUT2D eigenvalue weighted by Gasteiger charge is -2.14. The van der Waals surface area contributed by atoms with E-state index in [1.807, 2.05) is 6.92 Å². The highest BCUT2D eigenvalue weighted by molar-refractivity contribution is 9.10. The van der Waals surface area contributed by atoms with Crippen molar-refractivity contribution in [1.29, 1.82) is 0 Å². The smallest absolute Gasteiger partial charge is 0.319 e. The highest BCUT2D eigenvalue weighted by Gasteiger charge is 2.08. The molecule has 5 nitrogen and oxygen atoms in total. The molecule has 0 fully saturated rings. The van der Waals surface area contributed by atoms with Crippen LogP contribution in [-0.2, 0) is 0 Å². The predicted octanol–water partition coefficient (Wildman–Crippen LogP) is 1.74. The van der Waals surface area contributed by atoms with Crippen LogP contribution in [0, 0.1) is 0 Å². The molecule has 16 heavy (non-hydrogen) atoms. The summed E-state index contributed by atoms with van der Waals surface area (Å²) < 4.78 is 0.709. The Morgan fingerprint density at radius 3 is 2.88 bits per heavy atom. The van der Waals surface area contributed by atoms with E-state index in [0.717, 1.165) is 0 Å². The summed E-state index contributed by atoms with van der Waals surface area (Å²) in [4.78, 5) is 15.4. The van der Waals surface area contributed by atoms with Crippen LogP contribution < -0.4 is 10.6 Å². The maximum absolute atomic E-state index is 11.5. The van der Waals surface area contributed by atoms with E-state index in [2.05, 4.69) is 31.5 Å². The first-order valence-electron chi connectivity index (χ1n) is 4.95. The number of carbonyl (C=O) groups is 1. The van der Waals surface area contributed by atoms with Gasteiger partial charge in [0, 0.05) is 0 Å². The number of nitrogens with zero attached hydrogens (tertiary/aromatic N) is 1. The van der Waals surface area contributed by atoms with Gasteiger partial charge < -0.3 is 15.7 Å². The molecular weight excluding hydrogens is 274 g/mol. The van der Waals surface area contributed by atoms with Gasteiger partial charge in [-0.15, -0.1) is 0 Å². The maximum atomic E-state index is 11.5. The van der Waals surface area contributed by atoms with Gasteiger partial charge in [-0.3, -0.25) is 0 Å². The Hall–Kier alpha value is -1.14. The fourth-order valence-corrected chi connectivity index (χ4v) is 1.31. The van der Waals surface area contributed by atoms with Gasteiger partial charge in [0.2, 0.25) is 0 Å². The number of amides is 2. The van der Waals surface area contributed by atoms with Crippen LogP contribution in [0.2, 0.25) is 0 Å². The van der Waals surface area contributed by atoms with Gasteiger partial charge in [0.15, 0.2) is 0 Å². The highest BCUT2D eigenvalue weighted by atomic mass is 79.9. The summed E-state index contributed by atoms with van der Waals surface area (Å²) in [7, 11) is 0. The molecule has 1 aromatic heterocycles. The zero-order valence-electron chi connectivity index (χ0n) is 8.90. The molecule has 1 rings (SSSR count). The number of halogens is 1. The number of urea groups is 1. The number of nitrogens with one attached hydrogen (secondary N) is 2. The molecule has 0 bridgehead atoms. The molecule has 0 saturated heterocycles. The second kappa shape index (κ2) is 6.44. The normalized spacial score (nSPS) is 11.9. The SMILES string of the molecule is CCC(CO)NC(=O)Nc1ccc(Br)nc1. The first kappa shape index (κ1) is 12.9. The van der Waals surface area contributed by atoms with E-state index >= 15 is 0 Å². The van der Waals surface area contributed by atoms with Crippen molar-refractivity contribution in [3.05, 3.63) is 22.9 Å². The molecule has 2 amide bonds. The van der Waals surface area contributed by atoms with E-state index in [9.17, 15) is 4.79 Å². The van der Waals surface area contributed by atoms with Crippen molar-refractivity contribution >= 4 is 27.6 Å². The number of aliphatic hydroxyl groups excluding tert-OH is 1. The van der Waals surface area contributed by atoms with E-state index in [1.54, 1.807) is 18.3 Å². The van der Waals surface area contributed by atoms with Gasteiger partial charge in [-0.05, 0) is 34.5 Å². The minimum Gasteiger partial charge on any atom is -0.394 e. The van der Waals surface area contributed by atoms with Crippen molar-refractivity contribution in [3.8, 4) is 0 Å². The average Bonchev–Trinajstić information content (AvgIpc) is 2.29. The summed E-state index contributed by atoms with van der Waals surface area (Å²) in [5.74, 6) is 0. The maximum Gasteiger partial charge on any atom is 0.319 e. The largest absolute Gasteiger partial charge is 0.394 e. The van der Waals surface area contributed by atoms with E-state index in [4.69, 9.17) is 5.11 Å². The van der Waals surface area contributed by atoms with Crippen molar-refractivity contribution in [2.24, 2.45) is 0 Å². The van der Waals surface area contributed by atoms with Gasteiger partial charge in [-0.1, -0.05) is 6.92 Å². The quantitative estimate of drug-likeness (QED) is 0.739. The summed E-state index contributed by atoms with van der Waals surface area (Å²) in [5, 5.41) is 14.2. The lowest BCUT2D eigenvalue weighted by Crippen LogP contribution is -2.39. The van der Waals surface area contributed by atoms with Crippen molar-refractivity contribution in [1.82, 2.24) is 10.3 Å². The molecule has 3 N–H and O–H groups in total. The number of carbonyl (C=O) groups excluding carboxylic acids is 1. The number of aromatic nitrogens is 1. The summed E-state index contributed by atoms with van der Waals surface area (Å²) in [6, 6.07) is 2.91. The first-order chi connectivity index (χ1) is 7.65. The number of aliphatic hydroxyl groups is 1.